The smallest absolute Gasteiger partial charge is 0.342 e. The first-order chi connectivity index (χ1) is 15.4. The Balaban J connectivity index is 1.57. The van der Waals surface area contributed by atoms with Crippen molar-refractivity contribution in [2.75, 3.05) is 5.32 Å². The van der Waals surface area contributed by atoms with E-state index < -0.39 is 0 Å². The Morgan fingerprint density at radius 1 is 1.12 bits per heavy atom. The number of aryl methyl sites for hydroxylation is 1. The molecular weight excluding hydrogens is 404 g/mol. The molecule has 2 aromatic carbocycles. The second-order valence-electron chi connectivity index (χ2n) is 8.27. The number of hydrogen-bond donors (Lipinski definition) is 3. The number of rotatable bonds is 6. The van der Waals surface area contributed by atoms with Crippen LogP contribution in [-0.4, -0.2) is 26.8 Å². The first-order valence-corrected chi connectivity index (χ1v) is 11.0. The highest BCUT2D eigenvalue weighted by Gasteiger charge is 2.27. The maximum atomic E-state index is 13.0. The summed E-state index contributed by atoms with van der Waals surface area (Å²) in [4.78, 5) is 24.6. The molecule has 4 rings (SSSR count). The van der Waals surface area contributed by atoms with E-state index in [1.54, 1.807) is 19.1 Å². The van der Waals surface area contributed by atoms with Gasteiger partial charge in [-0.2, -0.15) is 9.78 Å². The first-order valence-electron chi connectivity index (χ1n) is 11.0. The SMILES string of the molecule is CCC(=O)Nc1ccc(-c2cc(C3CCC3)n(C(=O)NCc3ccc(C)cc3)n2)c(O)c1. The molecule has 32 heavy (non-hydrogen) atoms. The van der Waals surface area contributed by atoms with E-state index in [2.05, 4.69) is 15.7 Å². The van der Waals surface area contributed by atoms with Gasteiger partial charge in [-0.3, -0.25) is 4.79 Å². The molecule has 0 spiro atoms. The van der Waals surface area contributed by atoms with Crippen LogP contribution in [0.2, 0.25) is 0 Å². The average Bonchev–Trinajstić information content (AvgIpc) is 3.16. The van der Waals surface area contributed by atoms with E-state index in [-0.39, 0.29) is 23.6 Å². The molecular formula is C25H28N4O3. The van der Waals surface area contributed by atoms with Crippen molar-refractivity contribution >= 4 is 17.6 Å². The van der Waals surface area contributed by atoms with Crippen LogP contribution >= 0.6 is 0 Å². The third kappa shape index (κ3) is 4.66. The number of amides is 2. The second-order valence-corrected chi connectivity index (χ2v) is 8.27. The number of aromatic nitrogens is 2. The Hall–Kier alpha value is -3.61. The van der Waals surface area contributed by atoms with E-state index >= 15 is 0 Å². The van der Waals surface area contributed by atoms with Gasteiger partial charge in [-0.15, -0.1) is 0 Å². The summed E-state index contributed by atoms with van der Waals surface area (Å²) >= 11 is 0. The van der Waals surface area contributed by atoms with Crippen LogP contribution in [0.3, 0.4) is 0 Å². The maximum absolute atomic E-state index is 13.0. The largest absolute Gasteiger partial charge is 0.507 e. The van der Waals surface area contributed by atoms with Gasteiger partial charge in [0.1, 0.15) is 5.75 Å². The fourth-order valence-electron chi connectivity index (χ4n) is 3.72. The van der Waals surface area contributed by atoms with Gasteiger partial charge < -0.3 is 15.7 Å². The van der Waals surface area contributed by atoms with Crippen molar-refractivity contribution in [3.05, 3.63) is 65.4 Å². The molecule has 7 heteroatoms. The zero-order valence-corrected chi connectivity index (χ0v) is 18.4. The van der Waals surface area contributed by atoms with E-state index in [1.165, 1.54) is 16.3 Å². The summed E-state index contributed by atoms with van der Waals surface area (Å²) < 4.78 is 1.43. The van der Waals surface area contributed by atoms with Gasteiger partial charge in [0.25, 0.3) is 0 Å². The highest BCUT2D eigenvalue weighted by molar-refractivity contribution is 5.91. The van der Waals surface area contributed by atoms with Crippen molar-refractivity contribution in [1.82, 2.24) is 15.1 Å². The van der Waals surface area contributed by atoms with Gasteiger partial charge in [-0.1, -0.05) is 43.2 Å². The van der Waals surface area contributed by atoms with E-state index in [0.717, 1.165) is 30.5 Å². The quantitative estimate of drug-likeness (QED) is 0.514. The molecule has 3 aromatic rings. The molecule has 166 valence electrons. The molecule has 2 amide bonds. The van der Waals surface area contributed by atoms with Crippen molar-refractivity contribution in [2.45, 2.75) is 52.0 Å². The predicted octanol–water partition coefficient (Wildman–Crippen LogP) is 4.94. The summed E-state index contributed by atoms with van der Waals surface area (Å²) in [6, 6.07) is 14.6. The maximum Gasteiger partial charge on any atom is 0.342 e. The molecule has 7 nitrogen and oxygen atoms in total. The first kappa shape index (κ1) is 21.6. The minimum Gasteiger partial charge on any atom is -0.507 e. The fourth-order valence-corrected chi connectivity index (χ4v) is 3.72. The van der Waals surface area contributed by atoms with Gasteiger partial charge in [0, 0.05) is 36.2 Å². The number of benzene rings is 2. The van der Waals surface area contributed by atoms with Gasteiger partial charge in [-0.25, -0.2) is 4.79 Å². The number of carbonyl (C=O) groups is 2. The lowest BCUT2D eigenvalue weighted by molar-refractivity contribution is -0.115. The highest BCUT2D eigenvalue weighted by Crippen LogP contribution is 2.39. The van der Waals surface area contributed by atoms with Crippen LogP contribution in [0, 0.1) is 6.92 Å². The van der Waals surface area contributed by atoms with Crippen molar-refractivity contribution in [1.29, 1.82) is 0 Å². The zero-order valence-electron chi connectivity index (χ0n) is 18.4. The minimum absolute atomic E-state index is 0.00350. The standard InChI is InChI=1S/C25H28N4O3/c1-3-24(31)27-19-11-12-20(23(30)13-19)21-14-22(18-5-4-6-18)29(28-21)25(32)26-15-17-9-7-16(2)8-10-17/h7-14,18,30H,3-6,15H2,1-2H3,(H,26,32)(H,27,31). The van der Waals surface area contributed by atoms with Crippen LogP contribution < -0.4 is 10.6 Å². The monoisotopic (exact) mass is 432 g/mol. The van der Waals surface area contributed by atoms with Gasteiger partial charge in [0.2, 0.25) is 5.91 Å². The molecule has 1 aliphatic carbocycles. The number of nitrogens with zero attached hydrogens (tertiary/aromatic N) is 2. The van der Waals surface area contributed by atoms with Crippen molar-refractivity contribution in [3.63, 3.8) is 0 Å². The lowest BCUT2D eigenvalue weighted by atomic mass is 9.82. The molecule has 1 fully saturated rings. The number of phenols is 1. The average molecular weight is 433 g/mol. The van der Waals surface area contributed by atoms with Crippen molar-refractivity contribution in [2.24, 2.45) is 0 Å². The van der Waals surface area contributed by atoms with Crippen LogP contribution in [0.25, 0.3) is 11.3 Å². The van der Waals surface area contributed by atoms with Crippen LogP contribution in [0.5, 0.6) is 5.75 Å². The van der Waals surface area contributed by atoms with Gasteiger partial charge in [-0.05, 0) is 43.5 Å². The number of nitrogens with one attached hydrogen (secondary N) is 2. The minimum atomic E-state index is -0.287. The van der Waals surface area contributed by atoms with E-state index in [9.17, 15) is 14.7 Å². The Morgan fingerprint density at radius 3 is 2.50 bits per heavy atom. The summed E-state index contributed by atoms with van der Waals surface area (Å²) in [7, 11) is 0. The van der Waals surface area contributed by atoms with E-state index in [1.807, 2.05) is 37.3 Å². The third-order valence-corrected chi connectivity index (χ3v) is 5.90. The third-order valence-electron chi connectivity index (χ3n) is 5.90. The molecule has 3 N–H and O–H groups in total. The Labute approximate surface area is 187 Å². The summed E-state index contributed by atoms with van der Waals surface area (Å²) in [5.41, 5.74) is 4.62. The molecule has 0 atom stereocenters. The van der Waals surface area contributed by atoms with Crippen LogP contribution in [0.1, 0.15) is 55.3 Å². The van der Waals surface area contributed by atoms with Crippen molar-refractivity contribution < 1.29 is 14.7 Å². The number of hydrogen-bond acceptors (Lipinski definition) is 4. The van der Waals surface area contributed by atoms with Crippen LogP contribution in [-0.2, 0) is 11.3 Å². The molecule has 0 bridgehead atoms. The van der Waals surface area contributed by atoms with Crippen LogP contribution in [0.4, 0.5) is 10.5 Å². The molecule has 1 saturated carbocycles. The lowest BCUT2D eigenvalue weighted by Gasteiger charge is -2.25. The summed E-state index contributed by atoms with van der Waals surface area (Å²) in [6.45, 7) is 4.20. The topological polar surface area (TPSA) is 96.3 Å². The molecule has 0 unspecified atom stereocenters. The molecule has 0 saturated heterocycles. The summed E-state index contributed by atoms with van der Waals surface area (Å²) in [6.07, 6.45) is 3.53. The normalized spacial score (nSPS) is 13.4. The molecule has 0 aliphatic heterocycles. The number of carbonyl (C=O) groups excluding carboxylic acids is 2. The van der Waals surface area contributed by atoms with E-state index in [4.69, 9.17) is 0 Å². The van der Waals surface area contributed by atoms with E-state index in [0.29, 0.717) is 29.9 Å². The van der Waals surface area contributed by atoms with Gasteiger partial charge in [0.15, 0.2) is 0 Å². The highest BCUT2D eigenvalue weighted by atomic mass is 16.3. The van der Waals surface area contributed by atoms with Crippen LogP contribution in [0.15, 0.2) is 48.5 Å². The van der Waals surface area contributed by atoms with Gasteiger partial charge >= 0.3 is 6.03 Å². The van der Waals surface area contributed by atoms with Gasteiger partial charge in [0.05, 0.1) is 11.4 Å². The lowest BCUT2D eigenvalue weighted by Crippen LogP contribution is -2.31. The molecule has 1 aromatic heterocycles. The molecule has 1 heterocycles. The Bertz CT molecular complexity index is 1130. The number of phenolic OH excluding ortho intramolecular Hbond substituents is 1. The second kappa shape index (κ2) is 9.26. The molecule has 1 aliphatic rings. The van der Waals surface area contributed by atoms with Crippen molar-refractivity contribution in [3.8, 4) is 17.0 Å². The Kier molecular flexibility index (Phi) is 6.25. The zero-order chi connectivity index (χ0) is 22.7. The fraction of sp³-hybridized carbons (Fsp3) is 0.320. The summed E-state index contributed by atoms with van der Waals surface area (Å²) in [5.74, 6) is 0.161. The Morgan fingerprint density at radius 2 is 1.88 bits per heavy atom. The predicted molar refractivity (Wildman–Crippen MR) is 124 cm³/mol. The number of aromatic hydroxyl groups is 1. The molecule has 0 radical (unpaired) electrons. The summed E-state index contributed by atoms with van der Waals surface area (Å²) in [5, 5.41) is 20.8. The number of anilines is 1.